The Morgan fingerprint density at radius 1 is 0.968 bits per heavy atom. The van der Waals surface area contributed by atoms with Crippen LogP contribution >= 0.6 is 11.6 Å². The normalized spacial score (nSPS) is 23.2. The van der Waals surface area contributed by atoms with E-state index in [-0.39, 0.29) is 28.1 Å². The minimum Gasteiger partial charge on any atom is -0.508 e. The molecule has 1 aliphatic heterocycles. The third-order valence-electron chi connectivity index (χ3n) is 6.77. The van der Waals surface area contributed by atoms with E-state index in [1.807, 2.05) is 0 Å². The molecule has 1 aromatic rings. The second-order valence-corrected chi connectivity index (χ2v) is 11.3. The monoisotopic (exact) mass is 441 g/mol. The summed E-state index contributed by atoms with van der Waals surface area (Å²) in [6.45, 7) is 11.4. The Labute approximate surface area is 190 Å². The summed E-state index contributed by atoms with van der Waals surface area (Å²) in [6.07, 6.45) is 3.34. The smallest absolute Gasteiger partial charge is 0.162 e. The van der Waals surface area contributed by atoms with Crippen LogP contribution in [-0.4, -0.2) is 28.1 Å². The van der Waals surface area contributed by atoms with Crippen LogP contribution in [0.3, 0.4) is 0 Å². The predicted molar refractivity (Wildman–Crippen MR) is 123 cm³/mol. The number of carbonyl (C=O) groups excluding carboxylic acids is 2. The van der Waals surface area contributed by atoms with E-state index in [1.54, 1.807) is 18.2 Å². The molecule has 4 rings (SSSR count). The van der Waals surface area contributed by atoms with E-state index >= 15 is 0 Å². The number of halogens is 1. The second-order valence-electron chi connectivity index (χ2n) is 10.9. The van der Waals surface area contributed by atoms with Crippen LogP contribution in [0.25, 0.3) is 0 Å². The molecule has 0 saturated heterocycles. The van der Waals surface area contributed by atoms with E-state index in [9.17, 15) is 14.7 Å². The highest BCUT2D eigenvalue weighted by Gasteiger charge is 2.49. The molecule has 5 heteroatoms. The topological polar surface area (TPSA) is 57.6 Å². The molecule has 0 fully saturated rings. The molecule has 0 atom stereocenters. The average Bonchev–Trinajstić information content (AvgIpc) is 2.63. The van der Waals surface area contributed by atoms with Crippen LogP contribution in [0.4, 0.5) is 0 Å². The molecule has 0 unspecified atom stereocenters. The molecule has 0 radical (unpaired) electrons. The molecule has 1 heterocycles. The van der Waals surface area contributed by atoms with Gasteiger partial charge >= 0.3 is 0 Å². The van der Waals surface area contributed by atoms with E-state index in [4.69, 9.17) is 11.6 Å². The first kappa shape index (κ1) is 22.1. The number of benzene rings is 1. The Bertz CT molecular complexity index is 977. The Kier molecular flexibility index (Phi) is 5.36. The SMILES string of the molecule is CCCN1C2=C(C(=O)CC(C)(C)C2)C(c2cc(Cl)ccc2O)C2=C1CC(C)(C)CC2=O. The third kappa shape index (κ3) is 3.84. The molecule has 1 N–H and O–H groups in total. The maximum Gasteiger partial charge on any atom is 0.162 e. The molecule has 1 aromatic carbocycles. The van der Waals surface area contributed by atoms with Crippen LogP contribution in [-0.2, 0) is 9.59 Å². The van der Waals surface area contributed by atoms with Crippen LogP contribution in [0.5, 0.6) is 5.75 Å². The Hall–Kier alpha value is -2.07. The van der Waals surface area contributed by atoms with Gasteiger partial charge in [0.05, 0.1) is 0 Å². The molecule has 2 aliphatic carbocycles. The molecular formula is C26H32ClNO3. The molecule has 166 valence electrons. The summed E-state index contributed by atoms with van der Waals surface area (Å²) in [5, 5.41) is 11.3. The van der Waals surface area contributed by atoms with Crippen molar-refractivity contribution in [1.29, 1.82) is 0 Å². The second kappa shape index (κ2) is 7.51. The largest absolute Gasteiger partial charge is 0.508 e. The fraction of sp³-hybridized carbons (Fsp3) is 0.538. The third-order valence-corrected chi connectivity index (χ3v) is 7.00. The minimum absolute atomic E-state index is 0.0703. The quantitative estimate of drug-likeness (QED) is 0.611. The van der Waals surface area contributed by atoms with Gasteiger partial charge in [-0.15, -0.1) is 0 Å². The van der Waals surface area contributed by atoms with Gasteiger partial charge in [0.1, 0.15) is 5.75 Å². The van der Waals surface area contributed by atoms with Crippen LogP contribution in [0.1, 0.15) is 78.2 Å². The molecule has 31 heavy (non-hydrogen) atoms. The molecule has 0 amide bonds. The number of hydrogen-bond donors (Lipinski definition) is 1. The van der Waals surface area contributed by atoms with E-state index in [0.29, 0.717) is 34.6 Å². The molecule has 0 aromatic heterocycles. The zero-order valence-corrected chi connectivity index (χ0v) is 19.9. The van der Waals surface area contributed by atoms with Crippen LogP contribution < -0.4 is 0 Å². The maximum absolute atomic E-state index is 13.5. The van der Waals surface area contributed by atoms with Crippen molar-refractivity contribution < 1.29 is 14.7 Å². The van der Waals surface area contributed by atoms with Gasteiger partial charge in [-0.05, 0) is 48.3 Å². The number of Topliss-reactive ketones (excluding diaryl/α,β-unsaturated/α-hetero) is 2. The van der Waals surface area contributed by atoms with Crippen LogP contribution in [0.15, 0.2) is 40.7 Å². The van der Waals surface area contributed by atoms with Gasteiger partial charge in [-0.3, -0.25) is 9.59 Å². The van der Waals surface area contributed by atoms with Crippen LogP contribution in [0.2, 0.25) is 5.02 Å². The van der Waals surface area contributed by atoms with Gasteiger partial charge in [0.15, 0.2) is 11.6 Å². The van der Waals surface area contributed by atoms with Crippen molar-refractivity contribution in [3.8, 4) is 5.75 Å². The van der Waals surface area contributed by atoms with Gasteiger partial charge in [0.2, 0.25) is 0 Å². The van der Waals surface area contributed by atoms with Crippen molar-refractivity contribution in [2.75, 3.05) is 6.54 Å². The lowest BCUT2D eigenvalue weighted by molar-refractivity contribution is -0.119. The lowest BCUT2D eigenvalue weighted by Crippen LogP contribution is -2.44. The molecule has 0 bridgehead atoms. The highest BCUT2D eigenvalue weighted by Crippen LogP contribution is 2.55. The highest BCUT2D eigenvalue weighted by atomic mass is 35.5. The number of hydrogen-bond acceptors (Lipinski definition) is 4. The maximum atomic E-state index is 13.5. The Morgan fingerprint density at radius 3 is 1.97 bits per heavy atom. The summed E-state index contributed by atoms with van der Waals surface area (Å²) in [5.74, 6) is -0.335. The standard InChI is InChI=1S/C26H32ClNO3/c1-6-9-28-17-11-25(2,3)13-20(30)23(17)22(16-10-15(27)7-8-19(16)29)24-18(28)12-26(4,5)14-21(24)31/h7-8,10,22,29H,6,9,11-14H2,1-5H3. The molecular weight excluding hydrogens is 410 g/mol. The van der Waals surface area contributed by atoms with Crippen molar-refractivity contribution in [3.05, 3.63) is 51.3 Å². The number of carbonyl (C=O) groups is 2. The Morgan fingerprint density at radius 2 is 1.48 bits per heavy atom. The van der Waals surface area contributed by atoms with Crippen LogP contribution in [0, 0.1) is 10.8 Å². The van der Waals surface area contributed by atoms with Crippen molar-refractivity contribution in [2.45, 2.75) is 72.6 Å². The zero-order valence-electron chi connectivity index (χ0n) is 19.1. The predicted octanol–water partition coefficient (Wildman–Crippen LogP) is 6.14. The molecule has 4 nitrogen and oxygen atoms in total. The Balaban J connectivity index is 2.03. The van der Waals surface area contributed by atoms with Gasteiger partial charge in [-0.1, -0.05) is 46.2 Å². The average molecular weight is 442 g/mol. The van der Waals surface area contributed by atoms with Crippen molar-refractivity contribution in [2.24, 2.45) is 10.8 Å². The van der Waals surface area contributed by atoms with Crippen molar-refractivity contribution >= 4 is 23.2 Å². The number of aromatic hydroxyl groups is 1. The number of rotatable bonds is 3. The lowest BCUT2D eigenvalue weighted by Gasteiger charge is -2.49. The zero-order chi connectivity index (χ0) is 22.7. The van der Waals surface area contributed by atoms with Crippen molar-refractivity contribution in [3.63, 3.8) is 0 Å². The number of allylic oxidation sites excluding steroid dienone is 4. The molecule has 0 saturated carbocycles. The highest BCUT2D eigenvalue weighted by molar-refractivity contribution is 6.30. The number of phenols is 1. The van der Waals surface area contributed by atoms with E-state index in [0.717, 1.165) is 37.2 Å². The fourth-order valence-electron chi connectivity index (χ4n) is 5.61. The lowest BCUT2D eigenvalue weighted by atomic mass is 9.63. The first-order valence-electron chi connectivity index (χ1n) is 11.2. The van der Waals surface area contributed by atoms with Crippen molar-refractivity contribution in [1.82, 2.24) is 4.90 Å². The fourth-order valence-corrected chi connectivity index (χ4v) is 5.79. The summed E-state index contributed by atoms with van der Waals surface area (Å²) in [6, 6.07) is 4.91. The van der Waals surface area contributed by atoms with E-state index in [1.165, 1.54) is 0 Å². The molecule has 0 spiro atoms. The van der Waals surface area contributed by atoms with E-state index in [2.05, 4.69) is 39.5 Å². The number of ketones is 2. The van der Waals surface area contributed by atoms with Gasteiger partial charge in [0.25, 0.3) is 0 Å². The number of nitrogens with zero attached hydrogens (tertiary/aromatic N) is 1. The summed E-state index contributed by atoms with van der Waals surface area (Å²) in [7, 11) is 0. The van der Waals surface area contributed by atoms with E-state index < -0.39 is 5.92 Å². The summed E-state index contributed by atoms with van der Waals surface area (Å²) in [5.41, 5.74) is 3.68. The van der Waals surface area contributed by atoms with Gasteiger partial charge < -0.3 is 10.0 Å². The van der Waals surface area contributed by atoms with Gasteiger partial charge in [0, 0.05) is 58.4 Å². The molecule has 3 aliphatic rings. The van der Waals surface area contributed by atoms with Gasteiger partial charge in [-0.2, -0.15) is 0 Å². The first-order chi connectivity index (χ1) is 14.4. The summed E-state index contributed by atoms with van der Waals surface area (Å²) >= 11 is 6.30. The summed E-state index contributed by atoms with van der Waals surface area (Å²) in [4.78, 5) is 29.4. The van der Waals surface area contributed by atoms with Gasteiger partial charge in [-0.25, -0.2) is 0 Å². The summed E-state index contributed by atoms with van der Waals surface area (Å²) < 4.78 is 0. The minimum atomic E-state index is -0.552. The first-order valence-corrected chi connectivity index (χ1v) is 11.6. The number of phenolic OH excluding ortho intramolecular Hbond substituents is 1.